The van der Waals surface area contributed by atoms with Crippen molar-refractivity contribution < 1.29 is 19.1 Å². The third kappa shape index (κ3) is 6.46. The fourth-order valence-corrected chi connectivity index (χ4v) is 1.95. The Morgan fingerprint density at radius 3 is 1.83 bits per heavy atom. The van der Waals surface area contributed by atoms with E-state index < -0.39 is 11.0 Å². The van der Waals surface area contributed by atoms with Crippen LogP contribution in [0.5, 0.6) is 0 Å². The molecule has 7 nitrogen and oxygen atoms in total. The van der Waals surface area contributed by atoms with Gasteiger partial charge < -0.3 is 19.9 Å². The van der Waals surface area contributed by atoms with Crippen molar-refractivity contribution in [1.82, 2.24) is 15.1 Å². The molecule has 132 valence electrons. The molecule has 23 heavy (non-hydrogen) atoms. The van der Waals surface area contributed by atoms with Crippen molar-refractivity contribution in [2.24, 2.45) is 5.41 Å². The highest BCUT2D eigenvalue weighted by molar-refractivity contribution is 5.89. The van der Waals surface area contributed by atoms with Gasteiger partial charge in [-0.1, -0.05) is 20.8 Å². The predicted molar refractivity (Wildman–Crippen MR) is 87.2 cm³/mol. The lowest BCUT2D eigenvalue weighted by Crippen LogP contribution is -2.54. The molecule has 0 atom stereocenters. The van der Waals surface area contributed by atoms with Crippen molar-refractivity contribution in [2.45, 2.75) is 47.1 Å². The molecule has 0 aromatic rings. The Morgan fingerprint density at radius 2 is 1.39 bits per heavy atom. The fourth-order valence-electron chi connectivity index (χ4n) is 1.95. The zero-order valence-corrected chi connectivity index (χ0v) is 15.1. The Labute approximate surface area is 138 Å². The largest absolute Gasteiger partial charge is 0.444 e. The molecule has 7 heteroatoms. The molecule has 0 spiro atoms. The van der Waals surface area contributed by atoms with E-state index in [4.69, 9.17) is 4.74 Å². The molecule has 1 aliphatic heterocycles. The molecule has 0 aromatic heterocycles. The van der Waals surface area contributed by atoms with Gasteiger partial charge in [-0.2, -0.15) is 0 Å². The van der Waals surface area contributed by atoms with Crippen LogP contribution in [-0.2, 0) is 9.53 Å². The number of piperazine rings is 1. The number of ether oxygens (including phenoxy) is 1. The smallest absolute Gasteiger partial charge is 0.410 e. The van der Waals surface area contributed by atoms with Crippen molar-refractivity contribution in [2.75, 3.05) is 32.7 Å². The highest BCUT2D eigenvalue weighted by Crippen LogP contribution is 2.14. The quantitative estimate of drug-likeness (QED) is 0.839. The second-order valence-corrected chi connectivity index (χ2v) is 7.79. The fraction of sp³-hybridized carbons (Fsp3) is 0.812. The molecule has 0 aliphatic carbocycles. The predicted octanol–water partition coefficient (Wildman–Crippen LogP) is 1.86. The van der Waals surface area contributed by atoms with Crippen LogP contribution in [0.3, 0.4) is 0 Å². The minimum absolute atomic E-state index is 0.0155. The minimum Gasteiger partial charge on any atom is -0.444 e. The monoisotopic (exact) mass is 327 g/mol. The summed E-state index contributed by atoms with van der Waals surface area (Å²) in [6.07, 6.45) is -0.361. The summed E-state index contributed by atoms with van der Waals surface area (Å²) in [5.41, 5.74) is -0.998. The van der Waals surface area contributed by atoms with E-state index in [1.54, 1.807) is 9.80 Å². The number of hydrogen-bond donors (Lipinski definition) is 1. The second-order valence-electron chi connectivity index (χ2n) is 7.79. The van der Waals surface area contributed by atoms with Crippen LogP contribution in [-0.4, -0.2) is 66.0 Å². The molecule has 1 heterocycles. The number of carbonyl (C=O) groups is 3. The molecule has 1 N–H and O–H groups in total. The molecule has 1 aliphatic rings. The molecule has 3 amide bonds. The van der Waals surface area contributed by atoms with Crippen LogP contribution in [0.2, 0.25) is 0 Å². The third-order valence-electron chi connectivity index (χ3n) is 3.46. The van der Waals surface area contributed by atoms with Gasteiger partial charge in [0.05, 0.1) is 6.54 Å². The van der Waals surface area contributed by atoms with Gasteiger partial charge in [0.25, 0.3) is 0 Å². The van der Waals surface area contributed by atoms with E-state index in [0.717, 1.165) is 0 Å². The number of ketones is 1. The van der Waals surface area contributed by atoms with Crippen LogP contribution in [0.15, 0.2) is 0 Å². The third-order valence-corrected chi connectivity index (χ3v) is 3.46. The van der Waals surface area contributed by atoms with E-state index in [2.05, 4.69) is 5.32 Å². The van der Waals surface area contributed by atoms with Gasteiger partial charge in [0.15, 0.2) is 5.78 Å². The van der Waals surface area contributed by atoms with E-state index >= 15 is 0 Å². The lowest BCUT2D eigenvalue weighted by molar-refractivity contribution is -0.125. The van der Waals surface area contributed by atoms with E-state index in [9.17, 15) is 14.4 Å². The molecular formula is C16H29N3O4. The van der Waals surface area contributed by atoms with Crippen LogP contribution in [0.25, 0.3) is 0 Å². The standard InChI is InChI=1S/C16H29N3O4/c1-15(2,3)12(20)11-17-13(21)18-7-9-19(10-8-18)14(22)23-16(4,5)6/h7-11H2,1-6H3,(H,17,21). The summed E-state index contributed by atoms with van der Waals surface area (Å²) in [7, 11) is 0. The van der Waals surface area contributed by atoms with Gasteiger partial charge in [-0.05, 0) is 20.8 Å². The normalized spacial score (nSPS) is 16.1. The van der Waals surface area contributed by atoms with Gasteiger partial charge in [-0.25, -0.2) is 9.59 Å². The van der Waals surface area contributed by atoms with E-state index in [1.807, 2.05) is 41.5 Å². The number of urea groups is 1. The molecule has 1 rings (SSSR count). The average molecular weight is 327 g/mol. The number of nitrogens with zero attached hydrogens (tertiary/aromatic N) is 2. The molecule has 0 saturated carbocycles. The summed E-state index contributed by atoms with van der Waals surface area (Å²) in [5, 5.41) is 2.64. The summed E-state index contributed by atoms with van der Waals surface area (Å²) < 4.78 is 5.31. The first-order valence-corrected chi connectivity index (χ1v) is 7.94. The van der Waals surface area contributed by atoms with Gasteiger partial charge in [-0.3, -0.25) is 4.79 Å². The molecule has 0 bridgehead atoms. The number of carbonyl (C=O) groups excluding carboxylic acids is 3. The molecule has 0 radical (unpaired) electrons. The lowest BCUT2D eigenvalue weighted by Gasteiger charge is -2.35. The zero-order chi connectivity index (χ0) is 17.8. The summed E-state index contributed by atoms with van der Waals surface area (Å²) in [6, 6.07) is -0.272. The average Bonchev–Trinajstić information content (AvgIpc) is 2.41. The van der Waals surface area contributed by atoms with Gasteiger partial charge in [-0.15, -0.1) is 0 Å². The molecule has 0 unspecified atom stereocenters. The summed E-state index contributed by atoms with van der Waals surface area (Å²) in [4.78, 5) is 39.0. The zero-order valence-electron chi connectivity index (χ0n) is 15.1. The van der Waals surface area contributed by atoms with Crippen LogP contribution in [0.4, 0.5) is 9.59 Å². The van der Waals surface area contributed by atoms with Gasteiger partial charge in [0.1, 0.15) is 5.60 Å². The van der Waals surface area contributed by atoms with Gasteiger partial charge in [0.2, 0.25) is 0 Å². The Morgan fingerprint density at radius 1 is 0.913 bits per heavy atom. The summed E-state index contributed by atoms with van der Waals surface area (Å²) in [6.45, 7) is 12.6. The first kappa shape index (κ1) is 19.3. The topological polar surface area (TPSA) is 79.0 Å². The van der Waals surface area contributed by atoms with E-state index in [1.165, 1.54) is 0 Å². The SMILES string of the molecule is CC(C)(C)OC(=O)N1CCN(C(=O)NCC(=O)C(C)(C)C)CC1. The van der Waals surface area contributed by atoms with Crippen LogP contribution in [0, 0.1) is 5.41 Å². The van der Waals surface area contributed by atoms with Crippen LogP contribution < -0.4 is 5.32 Å². The number of rotatable bonds is 2. The number of Topliss-reactive ketones (excluding diaryl/α,β-unsaturated/α-hetero) is 1. The number of nitrogens with one attached hydrogen (secondary N) is 1. The van der Waals surface area contributed by atoms with Gasteiger partial charge in [0, 0.05) is 31.6 Å². The first-order chi connectivity index (χ1) is 10.4. The highest BCUT2D eigenvalue weighted by Gasteiger charge is 2.28. The minimum atomic E-state index is -0.529. The molecule has 0 aromatic carbocycles. The Balaban J connectivity index is 2.40. The van der Waals surface area contributed by atoms with Crippen molar-refractivity contribution in [3.05, 3.63) is 0 Å². The van der Waals surface area contributed by atoms with Crippen molar-refractivity contribution >= 4 is 17.9 Å². The maximum atomic E-state index is 12.1. The highest BCUT2D eigenvalue weighted by atomic mass is 16.6. The molecule has 1 fully saturated rings. The molecule has 1 saturated heterocycles. The van der Waals surface area contributed by atoms with Crippen LogP contribution >= 0.6 is 0 Å². The molecular weight excluding hydrogens is 298 g/mol. The Hall–Kier alpha value is -1.79. The van der Waals surface area contributed by atoms with Crippen molar-refractivity contribution in [1.29, 1.82) is 0 Å². The van der Waals surface area contributed by atoms with E-state index in [0.29, 0.717) is 26.2 Å². The maximum Gasteiger partial charge on any atom is 0.410 e. The number of hydrogen-bond acceptors (Lipinski definition) is 4. The van der Waals surface area contributed by atoms with Crippen molar-refractivity contribution in [3.8, 4) is 0 Å². The van der Waals surface area contributed by atoms with E-state index in [-0.39, 0.29) is 24.5 Å². The lowest BCUT2D eigenvalue weighted by atomic mass is 9.91. The second kappa shape index (κ2) is 7.19. The first-order valence-electron chi connectivity index (χ1n) is 7.94. The van der Waals surface area contributed by atoms with Crippen LogP contribution in [0.1, 0.15) is 41.5 Å². The number of amides is 3. The Kier molecular flexibility index (Phi) is 6.02. The van der Waals surface area contributed by atoms with Crippen molar-refractivity contribution in [3.63, 3.8) is 0 Å². The van der Waals surface area contributed by atoms with Gasteiger partial charge >= 0.3 is 12.1 Å². The Bertz CT molecular complexity index is 455. The summed E-state index contributed by atoms with van der Waals surface area (Å²) in [5.74, 6) is -0.0155. The summed E-state index contributed by atoms with van der Waals surface area (Å²) >= 11 is 0. The maximum absolute atomic E-state index is 12.1.